The molecule has 1 aliphatic heterocycles. The number of rotatable bonds is 4. The normalized spacial score (nSPS) is 21.8. The maximum absolute atomic E-state index is 5.87. The lowest BCUT2D eigenvalue weighted by atomic mass is 9.94. The van der Waals surface area contributed by atoms with Crippen molar-refractivity contribution in [3.05, 3.63) is 60.1 Å². The van der Waals surface area contributed by atoms with E-state index in [2.05, 4.69) is 41.3 Å². The zero-order chi connectivity index (χ0) is 13.8. The molecule has 0 saturated carbocycles. The van der Waals surface area contributed by atoms with Gasteiger partial charge >= 0.3 is 0 Å². The maximum atomic E-state index is 5.87. The summed E-state index contributed by atoms with van der Waals surface area (Å²) < 4.78 is 5.70. The Labute approximate surface area is 120 Å². The van der Waals surface area contributed by atoms with Gasteiger partial charge in [-0.25, -0.2) is 0 Å². The van der Waals surface area contributed by atoms with Gasteiger partial charge in [-0.05, 0) is 49.5 Å². The first-order valence-corrected chi connectivity index (χ1v) is 7.41. The van der Waals surface area contributed by atoms with Gasteiger partial charge in [0.2, 0.25) is 0 Å². The first kappa shape index (κ1) is 13.4. The van der Waals surface area contributed by atoms with Crippen molar-refractivity contribution in [3.8, 4) is 0 Å². The molecule has 2 heterocycles. The third-order valence-electron chi connectivity index (χ3n) is 4.18. The Balaban J connectivity index is 1.90. The summed E-state index contributed by atoms with van der Waals surface area (Å²) >= 11 is 0. The summed E-state index contributed by atoms with van der Waals surface area (Å²) in [6, 6.07) is 14.9. The number of hydrogen-bond donors (Lipinski definition) is 1. The first-order valence-electron chi connectivity index (χ1n) is 7.41. The minimum absolute atomic E-state index is 0.209. The van der Waals surface area contributed by atoms with E-state index in [1.54, 1.807) is 6.26 Å². The van der Waals surface area contributed by atoms with E-state index in [1.807, 2.05) is 6.07 Å². The van der Waals surface area contributed by atoms with Crippen molar-refractivity contribution < 1.29 is 4.42 Å². The number of nitrogens with zero attached hydrogens (tertiary/aromatic N) is 1. The molecular formula is C17H22N2O. The van der Waals surface area contributed by atoms with E-state index in [-0.39, 0.29) is 6.04 Å². The molecule has 0 aliphatic carbocycles. The van der Waals surface area contributed by atoms with Crippen molar-refractivity contribution >= 4 is 0 Å². The molecule has 1 fully saturated rings. The van der Waals surface area contributed by atoms with E-state index in [0.717, 1.165) is 25.4 Å². The molecule has 106 valence electrons. The van der Waals surface area contributed by atoms with E-state index in [9.17, 15) is 0 Å². The van der Waals surface area contributed by atoms with E-state index < -0.39 is 0 Å². The fourth-order valence-electron chi connectivity index (χ4n) is 3.16. The highest BCUT2D eigenvalue weighted by atomic mass is 16.3. The molecule has 0 spiro atoms. The average molecular weight is 270 g/mol. The number of benzene rings is 1. The number of hydrogen-bond acceptors (Lipinski definition) is 3. The van der Waals surface area contributed by atoms with Crippen molar-refractivity contribution in [1.82, 2.24) is 4.90 Å². The quantitative estimate of drug-likeness (QED) is 0.928. The van der Waals surface area contributed by atoms with Crippen LogP contribution in [0.25, 0.3) is 0 Å². The van der Waals surface area contributed by atoms with Gasteiger partial charge in [0, 0.05) is 6.54 Å². The molecule has 0 amide bonds. The minimum Gasteiger partial charge on any atom is -0.467 e. The van der Waals surface area contributed by atoms with Gasteiger partial charge in [0.25, 0.3) is 0 Å². The largest absolute Gasteiger partial charge is 0.467 e. The molecule has 0 radical (unpaired) electrons. The number of piperidine rings is 1. The molecule has 0 bridgehead atoms. The van der Waals surface area contributed by atoms with Crippen LogP contribution in [0.2, 0.25) is 0 Å². The number of likely N-dealkylation sites (tertiary alicyclic amines) is 1. The Hall–Kier alpha value is -1.58. The zero-order valence-corrected chi connectivity index (χ0v) is 11.7. The van der Waals surface area contributed by atoms with E-state index in [1.165, 1.54) is 18.4 Å². The van der Waals surface area contributed by atoms with E-state index in [4.69, 9.17) is 10.2 Å². The van der Waals surface area contributed by atoms with Gasteiger partial charge in [-0.15, -0.1) is 0 Å². The second kappa shape index (κ2) is 6.25. The fraction of sp³-hybridized carbons (Fsp3) is 0.412. The predicted octanol–water partition coefficient (Wildman–Crippen LogP) is 3.04. The van der Waals surface area contributed by atoms with Gasteiger partial charge in [-0.2, -0.15) is 0 Å². The molecule has 3 heteroatoms. The SMILES string of the molecule is NCC1CCCN(C(c2ccccc2)c2ccco2)C1. The standard InChI is InChI=1S/C17H22N2O/c18-12-14-6-4-10-19(13-14)17(16-9-5-11-20-16)15-7-2-1-3-8-15/h1-3,5,7-9,11,14,17H,4,6,10,12-13,18H2. The number of nitrogens with two attached hydrogens (primary N) is 1. The highest BCUT2D eigenvalue weighted by Gasteiger charge is 2.29. The molecule has 1 aromatic carbocycles. The molecule has 1 saturated heterocycles. The highest BCUT2D eigenvalue weighted by Crippen LogP contribution is 2.32. The molecule has 2 atom stereocenters. The Morgan fingerprint density at radius 2 is 2.05 bits per heavy atom. The van der Waals surface area contributed by atoms with Gasteiger partial charge in [0.1, 0.15) is 5.76 Å². The first-order chi connectivity index (χ1) is 9.88. The summed E-state index contributed by atoms with van der Waals surface area (Å²) in [5.41, 5.74) is 7.16. The van der Waals surface area contributed by atoms with Crippen LogP contribution in [0.4, 0.5) is 0 Å². The summed E-state index contributed by atoms with van der Waals surface area (Å²) in [6.07, 6.45) is 4.22. The van der Waals surface area contributed by atoms with Crippen LogP contribution in [0.15, 0.2) is 53.1 Å². The summed E-state index contributed by atoms with van der Waals surface area (Å²) in [7, 11) is 0. The highest BCUT2D eigenvalue weighted by molar-refractivity contribution is 5.26. The van der Waals surface area contributed by atoms with Crippen LogP contribution in [-0.2, 0) is 0 Å². The molecule has 3 nitrogen and oxygen atoms in total. The summed E-state index contributed by atoms with van der Waals surface area (Å²) in [5, 5.41) is 0. The summed E-state index contributed by atoms with van der Waals surface area (Å²) in [6.45, 7) is 2.93. The second-order valence-electron chi connectivity index (χ2n) is 5.57. The van der Waals surface area contributed by atoms with Crippen molar-refractivity contribution in [1.29, 1.82) is 0 Å². The smallest absolute Gasteiger partial charge is 0.125 e. The van der Waals surface area contributed by atoms with Crippen molar-refractivity contribution in [2.75, 3.05) is 19.6 Å². The third kappa shape index (κ3) is 2.79. The lowest BCUT2D eigenvalue weighted by molar-refractivity contribution is 0.132. The Bertz CT molecular complexity index is 509. The van der Waals surface area contributed by atoms with Gasteiger partial charge in [0.05, 0.1) is 12.3 Å². The Morgan fingerprint density at radius 1 is 1.20 bits per heavy atom. The van der Waals surface area contributed by atoms with Crippen LogP contribution in [-0.4, -0.2) is 24.5 Å². The summed E-state index contributed by atoms with van der Waals surface area (Å²) in [5.74, 6) is 1.62. The second-order valence-corrected chi connectivity index (χ2v) is 5.57. The molecule has 2 aromatic rings. The zero-order valence-electron chi connectivity index (χ0n) is 11.7. The topological polar surface area (TPSA) is 42.4 Å². The maximum Gasteiger partial charge on any atom is 0.125 e. The predicted molar refractivity (Wildman–Crippen MR) is 80.3 cm³/mol. The summed E-state index contributed by atoms with van der Waals surface area (Å²) in [4.78, 5) is 2.51. The molecule has 20 heavy (non-hydrogen) atoms. The van der Waals surface area contributed by atoms with Crippen LogP contribution in [0.5, 0.6) is 0 Å². The molecule has 2 N–H and O–H groups in total. The van der Waals surface area contributed by atoms with Crippen LogP contribution < -0.4 is 5.73 Å². The van der Waals surface area contributed by atoms with Gasteiger partial charge in [-0.1, -0.05) is 30.3 Å². The molecule has 2 unspecified atom stereocenters. The monoisotopic (exact) mass is 270 g/mol. The van der Waals surface area contributed by atoms with Crippen molar-refractivity contribution in [3.63, 3.8) is 0 Å². The van der Waals surface area contributed by atoms with Crippen LogP contribution >= 0.6 is 0 Å². The fourth-order valence-corrected chi connectivity index (χ4v) is 3.16. The lowest BCUT2D eigenvalue weighted by Crippen LogP contribution is -2.40. The van der Waals surface area contributed by atoms with Gasteiger partial charge in [-0.3, -0.25) is 4.90 Å². The van der Waals surface area contributed by atoms with Crippen molar-refractivity contribution in [2.45, 2.75) is 18.9 Å². The Morgan fingerprint density at radius 3 is 2.75 bits per heavy atom. The van der Waals surface area contributed by atoms with Crippen molar-refractivity contribution in [2.24, 2.45) is 11.7 Å². The minimum atomic E-state index is 0.209. The van der Waals surface area contributed by atoms with Crippen LogP contribution in [0.1, 0.15) is 30.2 Å². The van der Waals surface area contributed by atoms with Crippen LogP contribution in [0.3, 0.4) is 0 Å². The van der Waals surface area contributed by atoms with Gasteiger partial charge in [0.15, 0.2) is 0 Å². The Kier molecular flexibility index (Phi) is 4.19. The molecule has 1 aliphatic rings. The van der Waals surface area contributed by atoms with Gasteiger partial charge < -0.3 is 10.2 Å². The number of furan rings is 1. The molecule has 3 rings (SSSR count). The van der Waals surface area contributed by atoms with E-state index >= 15 is 0 Å². The van der Waals surface area contributed by atoms with Crippen LogP contribution in [0, 0.1) is 5.92 Å². The lowest BCUT2D eigenvalue weighted by Gasteiger charge is -2.37. The van der Waals surface area contributed by atoms with E-state index in [0.29, 0.717) is 5.92 Å². The molecular weight excluding hydrogens is 248 g/mol. The molecule has 1 aromatic heterocycles. The third-order valence-corrected chi connectivity index (χ3v) is 4.18. The average Bonchev–Trinajstić information content (AvgIpc) is 3.03.